The van der Waals surface area contributed by atoms with Gasteiger partial charge in [-0.2, -0.15) is 0 Å². The Kier molecular flexibility index (Phi) is 2.76. The molecule has 1 saturated heterocycles. The SMILES string of the molecule is CC1(C)C[C@H](OCc2ccccc2)C[C@@]2(C)O[C@@H]12. The fourth-order valence-electron chi connectivity index (χ4n) is 3.50. The Morgan fingerprint density at radius 1 is 1.17 bits per heavy atom. The van der Waals surface area contributed by atoms with Gasteiger partial charge in [0.25, 0.3) is 0 Å². The van der Waals surface area contributed by atoms with Crippen molar-refractivity contribution in [3.63, 3.8) is 0 Å². The van der Waals surface area contributed by atoms with E-state index in [4.69, 9.17) is 9.47 Å². The van der Waals surface area contributed by atoms with Crippen molar-refractivity contribution < 1.29 is 9.47 Å². The zero-order valence-electron chi connectivity index (χ0n) is 11.5. The Morgan fingerprint density at radius 2 is 1.89 bits per heavy atom. The molecule has 0 N–H and O–H groups in total. The quantitative estimate of drug-likeness (QED) is 0.761. The highest BCUT2D eigenvalue weighted by Crippen LogP contribution is 2.56. The minimum Gasteiger partial charge on any atom is -0.373 e. The lowest BCUT2D eigenvalue weighted by molar-refractivity contribution is -0.0144. The zero-order valence-corrected chi connectivity index (χ0v) is 11.5. The molecule has 0 aromatic heterocycles. The summed E-state index contributed by atoms with van der Waals surface area (Å²) in [5.41, 5.74) is 1.57. The first-order valence-corrected chi connectivity index (χ1v) is 6.83. The van der Waals surface area contributed by atoms with E-state index < -0.39 is 0 Å². The van der Waals surface area contributed by atoms with Gasteiger partial charge in [0.05, 0.1) is 24.4 Å². The van der Waals surface area contributed by atoms with Crippen LogP contribution in [0, 0.1) is 5.41 Å². The monoisotopic (exact) mass is 246 g/mol. The van der Waals surface area contributed by atoms with E-state index in [1.807, 2.05) is 6.07 Å². The van der Waals surface area contributed by atoms with Crippen molar-refractivity contribution in [3.8, 4) is 0 Å². The number of hydrogen-bond donors (Lipinski definition) is 0. The molecular weight excluding hydrogens is 224 g/mol. The molecule has 18 heavy (non-hydrogen) atoms. The van der Waals surface area contributed by atoms with E-state index in [0.29, 0.717) is 18.8 Å². The lowest BCUT2D eigenvalue weighted by atomic mass is 9.71. The first kappa shape index (κ1) is 12.2. The zero-order chi connectivity index (χ0) is 12.8. The van der Waals surface area contributed by atoms with E-state index in [9.17, 15) is 0 Å². The van der Waals surface area contributed by atoms with Crippen molar-refractivity contribution in [2.75, 3.05) is 0 Å². The number of fused-ring (bicyclic) bond motifs is 1. The van der Waals surface area contributed by atoms with Gasteiger partial charge in [-0.05, 0) is 24.3 Å². The van der Waals surface area contributed by atoms with Crippen molar-refractivity contribution in [2.45, 2.75) is 58.0 Å². The van der Waals surface area contributed by atoms with Gasteiger partial charge in [-0.15, -0.1) is 0 Å². The minimum absolute atomic E-state index is 0.0725. The molecule has 0 unspecified atom stereocenters. The smallest absolute Gasteiger partial charge is 0.0950 e. The average Bonchev–Trinajstić information content (AvgIpc) is 3.01. The second-order valence-corrected chi connectivity index (χ2v) is 6.63. The van der Waals surface area contributed by atoms with Crippen LogP contribution in [-0.4, -0.2) is 17.8 Å². The third-order valence-electron chi connectivity index (χ3n) is 4.31. The fraction of sp³-hybridized carbons (Fsp3) is 0.625. The van der Waals surface area contributed by atoms with E-state index >= 15 is 0 Å². The van der Waals surface area contributed by atoms with Crippen LogP contribution in [-0.2, 0) is 16.1 Å². The molecule has 0 radical (unpaired) electrons. The van der Waals surface area contributed by atoms with Gasteiger partial charge in [0.1, 0.15) is 0 Å². The molecule has 98 valence electrons. The summed E-state index contributed by atoms with van der Waals surface area (Å²) < 4.78 is 12.0. The molecule has 3 atom stereocenters. The Morgan fingerprint density at radius 3 is 2.56 bits per heavy atom. The van der Waals surface area contributed by atoms with Crippen LogP contribution in [0.15, 0.2) is 30.3 Å². The minimum atomic E-state index is 0.0725. The highest BCUT2D eigenvalue weighted by Gasteiger charge is 2.63. The third kappa shape index (κ3) is 2.19. The maximum absolute atomic E-state index is 6.09. The number of ether oxygens (including phenoxy) is 2. The van der Waals surface area contributed by atoms with Gasteiger partial charge in [0, 0.05) is 6.42 Å². The van der Waals surface area contributed by atoms with Crippen molar-refractivity contribution in [2.24, 2.45) is 5.41 Å². The second-order valence-electron chi connectivity index (χ2n) is 6.63. The molecule has 2 fully saturated rings. The van der Waals surface area contributed by atoms with Gasteiger partial charge in [-0.25, -0.2) is 0 Å². The van der Waals surface area contributed by atoms with Crippen LogP contribution in [0.5, 0.6) is 0 Å². The van der Waals surface area contributed by atoms with Gasteiger partial charge in [-0.1, -0.05) is 44.2 Å². The topological polar surface area (TPSA) is 21.8 Å². The van der Waals surface area contributed by atoms with Crippen LogP contribution in [0.3, 0.4) is 0 Å². The maximum atomic E-state index is 6.09. The Labute approximate surface area is 109 Å². The molecule has 3 rings (SSSR count). The average molecular weight is 246 g/mol. The van der Waals surface area contributed by atoms with Crippen LogP contribution < -0.4 is 0 Å². The number of rotatable bonds is 3. The highest BCUT2D eigenvalue weighted by atomic mass is 16.6. The van der Waals surface area contributed by atoms with Crippen LogP contribution in [0.4, 0.5) is 0 Å². The Balaban J connectivity index is 1.61. The van der Waals surface area contributed by atoms with Gasteiger partial charge in [0.2, 0.25) is 0 Å². The van der Waals surface area contributed by atoms with Crippen LogP contribution in [0.2, 0.25) is 0 Å². The van der Waals surface area contributed by atoms with E-state index in [1.165, 1.54) is 5.56 Å². The lowest BCUT2D eigenvalue weighted by Gasteiger charge is -2.34. The van der Waals surface area contributed by atoms with E-state index in [2.05, 4.69) is 45.0 Å². The first-order valence-electron chi connectivity index (χ1n) is 6.83. The number of epoxide rings is 1. The Hall–Kier alpha value is -0.860. The summed E-state index contributed by atoms with van der Waals surface area (Å²) in [5.74, 6) is 0. The highest BCUT2D eigenvalue weighted by molar-refractivity contribution is 5.14. The fourth-order valence-corrected chi connectivity index (χ4v) is 3.50. The van der Waals surface area contributed by atoms with Crippen LogP contribution in [0.1, 0.15) is 39.2 Å². The van der Waals surface area contributed by atoms with Crippen LogP contribution in [0.25, 0.3) is 0 Å². The molecule has 0 spiro atoms. The maximum Gasteiger partial charge on any atom is 0.0950 e. The molecule has 0 bridgehead atoms. The summed E-state index contributed by atoms with van der Waals surface area (Å²) in [7, 11) is 0. The summed E-state index contributed by atoms with van der Waals surface area (Å²) in [6.45, 7) is 7.52. The summed E-state index contributed by atoms with van der Waals surface area (Å²) >= 11 is 0. The van der Waals surface area contributed by atoms with Gasteiger partial charge >= 0.3 is 0 Å². The van der Waals surface area contributed by atoms with Crippen molar-refractivity contribution in [1.82, 2.24) is 0 Å². The van der Waals surface area contributed by atoms with Crippen molar-refractivity contribution in [1.29, 1.82) is 0 Å². The summed E-state index contributed by atoms with van der Waals surface area (Å²) in [6.07, 6.45) is 2.89. The molecule has 1 aromatic carbocycles. The van der Waals surface area contributed by atoms with Crippen LogP contribution >= 0.6 is 0 Å². The Bertz CT molecular complexity index is 426. The molecule has 0 amide bonds. The largest absolute Gasteiger partial charge is 0.373 e. The van der Waals surface area contributed by atoms with Crippen molar-refractivity contribution in [3.05, 3.63) is 35.9 Å². The summed E-state index contributed by atoms with van der Waals surface area (Å²) in [4.78, 5) is 0. The summed E-state index contributed by atoms with van der Waals surface area (Å²) in [6, 6.07) is 10.4. The third-order valence-corrected chi connectivity index (χ3v) is 4.31. The normalized spacial score (nSPS) is 37.1. The standard InChI is InChI=1S/C16H22O2/c1-15(2)9-13(10-16(3)14(15)18-16)17-11-12-7-5-4-6-8-12/h4-8,13-14H,9-11H2,1-3H3/t13-,14-,16+/m0/s1. The number of hydrogen-bond acceptors (Lipinski definition) is 2. The predicted octanol–water partition coefficient (Wildman–Crippen LogP) is 3.55. The molecule has 1 heterocycles. The van der Waals surface area contributed by atoms with Gasteiger partial charge in [0.15, 0.2) is 0 Å². The lowest BCUT2D eigenvalue weighted by Crippen LogP contribution is -2.39. The molecule has 2 nitrogen and oxygen atoms in total. The molecule has 1 aliphatic heterocycles. The molecule has 1 saturated carbocycles. The molecule has 1 aromatic rings. The van der Waals surface area contributed by atoms with Gasteiger partial charge < -0.3 is 9.47 Å². The van der Waals surface area contributed by atoms with E-state index in [0.717, 1.165) is 12.8 Å². The molecular formula is C16H22O2. The summed E-state index contributed by atoms with van der Waals surface area (Å²) in [5, 5.41) is 0. The molecule has 2 heteroatoms. The molecule has 2 aliphatic rings. The predicted molar refractivity (Wildman–Crippen MR) is 71.3 cm³/mol. The van der Waals surface area contributed by atoms with Gasteiger partial charge in [-0.3, -0.25) is 0 Å². The first-order chi connectivity index (χ1) is 8.50. The van der Waals surface area contributed by atoms with Crippen molar-refractivity contribution >= 4 is 0 Å². The number of benzene rings is 1. The molecule has 1 aliphatic carbocycles. The van der Waals surface area contributed by atoms with E-state index in [-0.39, 0.29) is 11.0 Å². The second kappa shape index (κ2) is 4.07. The van der Waals surface area contributed by atoms with E-state index in [1.54, 1.807) is 0 Å².